The van der Waals surface area contributed by atoms with Gasteiger partial charge in [-0.25, -0.2) is 4.98 Å². The highest BCUT2D eigenvalue weighted by Crippen LogP contribution is 2.33. The highest BCUT2D eigenvalue weighted by molar-refractivity contribution is 5.84. The number of nitrogens with one attached hydrogen (secondary N) is 1. The number of hydrogen-bond donors (Lipinski definition) is 1. The van der Waals surface area contributed by atoms with Crippen LogP contribution in [0.4, 0.5) is 0 Å². The SMILES string of the molecule is Cn1ccnc1CCC(=O)C(C)(C)C1CCCNC1. The first-order valence-electron chi connectivity index (χ1n) is 7.22. The van der Waals surface area contributed by atoms with Gasteiger partial charge in [0, 0.05) is 37.7 Å². The van der Waals surface area contributed by atoms with E-state index < -0.39 is 0 Å². The first kappa shape index (κ1) is 14.3. The van der Waals surface area contributed by atoms with Gasteiger partial charge in [0.05, 0.1) is 0 Å². The molecule has 4 heteroatoms. The van der Waals surface area contributed by atoms with E-state index >= 15 is 0 Å². The van der Waals surface area contributed by atoms with Crippen LogP contribution in [0.5, 0.6) is 0 Å². The fourth-order valence-corrected chi connectivity index (χ4v) is 2.88. The number of aryl methyl sites for hydroxylation is 2. The van der Waals surface area contributed by atoms with Crippen LogP contribution < -0.4 is 5.32 Å². The molecule has 0 saturated carbocycles. The third-order valence-electron chi connectivity index (χ3n) is 4.53. The first-order chi connectivity index (χ1) is 9.01. The molecule has 0 amide bonds. The second kappa shape index (κ2) is 5.87. The van der Waals surface area contributed by atoms with E-state index in [-0.39, 0.29) is 5.41 Å². The van der Waals surface area contributed by atoms with Gasteiger partial charge in [0.2, 0.25) is 0 Å². The first-order valence-corrected chi connectivity index (χ1v) is 7.22. The van der Waals surface area contributed by atoms with E-state index in [2.05, 4.69) is 24.1 Å². The lowest BCUT2D eigenvalue weighted by Gasteiger charge is -2.36. The van der Waals surface area contributed by atoms with Gasteiger partial charge < -0.3 is 9.88 Å². The fourth-order valence-electron chi connectivity index (χ4n) is 2.88. The van der Waals surface area contributed by atoms with E-state index in [0.29, 0.717) is 18.1 Å². The van der Waals surface area contributed by atoms with Crippen LogP contribution in [-0.2, 0) is 18.3 Å². The van der Waals surface area contributed by atoms with Crippen molar-refractivity contribution in [3.63, 3.8) is 0 Å². The van der Waals surface area contributed by atoms with E-state index in [1.54, 1.807) is 6.20 Å². The van der Waals surface area contributed by atoms with Crippen LogP contribution in [0.1, 0.15) is 38.9 Å². The maximum atomic E-state index is 12.5. The minimum Gasteiger partial charge on any atom is -0.338 e. The van der Waals surface area contributed by atoms with Crippen LogP contribution in [0.15, 0.2) is 12.4 Å². The minimum absolute atomic E-state index is 0.224. The predicted octanol–water partition coefficient (Wildman–Crippen LogP) is 1.95. The van der Waals surface area contributed by atoms with E-state index in [9.17, 15) is 4.79 Å². The van der Waals surface area contributed by atoms with Gasteiger partial charge in [-0.05, 0) is 31.8 Å². The Morgan fingerprint density at radius 1 is 1.58 bits per heavy atom. The molecule has 1 fully saturated rings. The second-order valence-corrected chi connectivity index (χ2v) is 6.14. The molecule has 106 valence electrons. The average Bonchev–Trinajstić information content (AvgIpc) is 2.82. The zero-order valence-corrected chi connectivity index (χ0v) is 12.3. The number of rotatable bonds is 5. The van der Waals surface area contributed by atoms with Crippen molar-refractivity contribution < 1.29 is 4.79 Å². The molecule has 4 nitrogen and oxygen atoms in total. The summed E-state index contributed by atoms with van der Waals surface area (Å²) in [5.41, 5.74) is -0.224. The number of imidazole rings is 1. The van der Waals surface area contributed by atoms with Crippen LogP contribution in [0, 0.1) is 11.3 Å². The summed E-state index contributed by atoms with van der Waals surface area (Å²) in [7, 11) is 1.98. The number of aromatic nitrogens is 2. The highest BCUT2D eigenvalue weighted by atomic mass is 16.1. The molecule has 0 bridgehead atoms. The van der Waals surface area contributed by atoms with E-state index in [1.165, 1.54) is 6.42 Å². The summed E-state index contributed by atoms with van der Waals surface area (Å²) in [6.45, 7) is 6.27. The number of piperidine rings is 1. The van der Waals surface area contributed by atoms with Crippen molar-refractivity contribution in [2.24, 2.45) is 18.4 Å². The number of carbonyl (C=O) groups is 1. The Bertz CT molecular complexity index is 430. The van der Waals surface area contributed by atoms with E-state index in [4.69, 9.17) is 0 Å². The van der Waals surface area contributed by atoms with Crippen molar-refractivity contribution >= 4 is 5.78 Å². The summed E-state index contributed by atoms with van der Waals surface area (Å²) in [6.07, 6.45) is 7.39. The molecular weight excluding hydrogens is 238 g/mol. The molecule has 1 atom stereocenters. The van der Waals surface area contributed by atoms with Gasteiger partial charge in [-0.3, -0.25) is 4.79 Å². The summed E-state index contributed by atoms with van der Waals surface area (Å²) in [5.74, 6) is 1.82. The topological polar surface area (TPSA) is 46.9 Å². The number of hydrogen-bond acceptors (Lipinski definition) is 3. The molecule has 0 radical (unpaired) electrons. The van der Waals surface area contributed by atoms with Crippen LogP contribution in [0.25, 0.3) is 0 Å². The lowest BCUT2D eigenvalue weighted by atomic mass is 9.71. The average molecular weight is 263 g/mol. The second-order valence-electron chi connectivity index (χ2n) is 6.14. The fraction of sp³-hybridized carbons (Fsp3) is 0.733. The Hall–Kier alpha value is -1.16. The molecule has 2 heterocycles. The monoisotopic (exact) mass is 263 g/mol. The molecule has 1 saturated heterocycles. The van der Waals surface area contributed by atoms with Crippen molar-refractivity contribution in [2.75, 3.05) is 13.1 Å². The molecule has 1 aliphatic rings. The summed E-state index contributed by atoms with van der Waals surface area (Å²) >= 11 is 0. The van der Waals surface area contributed by atoms with E-state index in [1.807, 2.05) is 17.8 Å². The van der Waals surface area contributed by atoms with Crippen molar-refractivity contribution in [3.05, 3.63) is 18.2 Å². The predicted molar refractivity (Wildman–Crippen MR) is 75.9 cm³/mol. The minimum atomic E-state index is -0.224. The quantitative estimate of drug-likeness (QED) is 0.883. The lowest BCUT2D eigenvalue weighted by Crippen LogP contribution is -2.42. The third kappa shape index (κ3) is 3.24. The Morgan fingerprint density at radius 2 is 2.37 bits per heavy atom. The van der Waals surface area contributed by atoms with Gasteiger partial charge in [-0.1, -0.05) is 13.8 Å². The molecule has 0 spiro atoms. The summed E-state index contributed by atoms with van der Waals surface area (Å²) < 4.78 is 1.99. The molecule has 0 aromatic carbocycles. The maximum absolute atomic E-state index is 12.5. The summed E-state index contributed by atoms with van der Waals surface area (Å²) in [6, 6.07) is 0. The van der Waals surface area contributed by atoms with Gasteiger partial charge in [-0.15, -0.1) is 0 Å². The molecule has 1 N–H and O–H groups in total. The Kier molecular flexibility index (Phi) is 4.40. The summed E-state index contributed by atoms with van der Waals surface area (Å²) in [5, 5.41) is 3.41. The Morgan fingerprint density at radius 3 is 2.95 bits per heavy atom. The van der Waals surface area contributed by atoms with Crippen molar-refractivity contribution in [1.82, 2.24) is 14.9 Å². The molecule has 2 rings (SSSR count). The maximum Gasteiger partial charge on any atom is 0.139 e. The lowest BCUT2D eigenvalue weighted by molar-refractivity contribution is -0.130. The molecule has 19 heavy (non-hydrogen) atoms. The van der Waals surface area contributed by atoms with Gasteiger partial charge >= 0.3 is 0 Å². The Balaban J connectivity index is 1.92. The number of Topliss-reactive ketones (excluding diaryl/α,β-unsaturated/α-hetero) is 1. The van der Waals surface area contributed by atoms with Crippen LogP contribution >= 0.6 is 0 Å². The van der Waals surface area contributed by atoms with Crippen molar-refractivity contribution in [1.29, 1.82) is 0 Å². The van der Waals surface area contributed by atoms with Gasteiger partial charge in [0.15, 0.2) is 0 Å². The third-order valence-corrected chi connectivity index (χ3v) is 4.53. The van der Waals surface area contributed by atoms with E-state index in [0.717, 1.165) is 31.8 Å². The number of ketones is 1. The highest BCUT2D eigenvalue weighted by Gasteiger charge is 2.36. The molecular formula is C15H25N3O. The van der Waals surface area contributed by atoms with Crippen molar-refractivity contribution in [3.8, 4) is 0 Å². The van der Waals surface area contributed by atoms with Crippen LogP contribution in [0.3, 0.4) is 0 Å². The summed E-state index contributed by atoms with van der Waals surface area (Å²) in [4.78, 5) is 16.8. The largest absolute Gasteiger partial charge is 0.338 e. The zero-order valence-electron chi connectivity index (χ0n) is 12.3. The number of carbonyl (C=O) groups excluding carboxylic acids is 1. The molecule has 1 aromatic rings. The molecule has 1 aliphatic heterocycles. The van der Waals surface area contributed by atoms with Crippen LogP contribution in [-0.4, -0.2) is 28.4 Å². The molecule has 1 aromatic heterocycles. The molecule has 1 unspecified atom stereocenters. The Labute approximate surface area is 115 Å². The van der Waals surface area contributed by atoms with Gasteiger partial charge in [0.1, 0.15) is 11.6 Å². The molecule has 0 aliphatic carbocycles. The van der Waals surface area contributed by atoms with Crippen molar-refractivity contribution in [2.45, 2.75) is 39.5 Å². The standard InChI is InChI=1S/C15H25N3O/c1-15(2,12-5-4-8-16-11-12)13(19)6-7-14-17-9-10-18(14)3/h9-10,12,16H,4-8,11H2,1-3H3. The smallest absolute Gasteiger partial charge is 0.139 e. The van der Waals surface area contributed by atoms with Gasteiger partial charge in [-0.2, -0.15) is 0 Å². The zero-order chi connectivity index (χ0) is 13.9. The van der Waals surface area contributed by atoms with Gasteiger partial charge in [0.25, 0.3) is 0 Å². The van der Waals surface area contributed by atoms with Crippen LogP contribution in [0.2, 0.25) is 0 Å². The normalized spacial score (nSPS) is 20.5. The number of nitrogens with zero attached hydrogens (tertiary/aromatic N) is 2.